The average molecular weight is 995 g/mol. The summed E-state index contributed by atoms with van der Waals surface area (Å²) in [4.78, 5) is 72.3. The van der Waals surface area contributed by atoms with Gasteiger partial charge in [0.05, 0.1) is 65.2 Å². The van der Waals surface area contributed by atoms with E-state index in [2.05, 4.69) is 45.3 Å². The lowest BCUT2D eigenvalue weighted by molar-refractivity contribution is -0.144. The largest absolute Gasteiger partial charge is 0.477 e. The molecule has 0 spiro atoms. The summed E-state index contributed by atoms with van der Waals surface area (Å²) in [5.41, 5.74) is -7.68. The predicted molar refractivity (Wildman–Crippen MR) is 209 cm³/mol. The summed E-state index contributed by atoms with van der Waals surface area (Å²) in [6, 6.07) is -0.876. The van der Waals surface area contributed by atoms with E-state index in [0.717, 1.165) is 28.9 Å². The second-order valence-corrected chi connectivity index (χ2v) is 15.5. The highest BCUT2D eigenvalue weighted by Gasteiger charge is 2.39. The maximum absolute atomic E-state index is 13.1. The number of carboxylic acids is 1. The van der Waals surface area contributed by atoms with Gasteiger partial charge in [-0.05, 0) is 50.2 Å². The van der Waals surface area contributed by atoms with Crippen LogP contribution in [-0.4, -0.2) is 65.9 Å². The zero-order valence-corrected chi connectivity index (χ0v) is 35.2. The van der Waals surface area contributed by atoms with Crippen molar-refractivity contribution < 1.29 is 81.7 Å². The molecule has 0 radical (unpaired) electrons. The summed E-state index contributed by atoms with van der Waals surface area (Å²) in [5, 5.41) is 14.1. The van der Waals surface area contributed by atoms with Gasteiger partial charge in [0.15, 0.2) is 0 Å². The lowest BCUT2D eigenvalue weighted by atomic mass is 10.0. The van der Waals surface area contributed by atoms with Crippen molar-refractivity contribution in [1.29, 1.82) is 0 Å². The average Bonchev–Trinajstić information content (AvgIpc) is 3.97. The summed E-state index contributed by atoms with van der Waals surface area (Å²) in [5.74, 6) is -4.26. The Labute approximate surface area is 375 Å². The topological polar surface area (TPSA) is 199 Å². The molecule has 4 heterocycles. The lowest BCUT2D eigenvalue weighted by Crippen LogP contribution is -2.28. The van der Waals surface area contributed by atoms with Gasteiger partial charge in [-0.1, -0.05) is 0 Å². The number of hydrogen-bond donors (Lipinski definition) is 3. The third-order valence-electron chi connectivity index (χ3n) is 8.68. The quantitative estimate of drug-likeness (QED) is 0.0869. The van der Waals surface area contributed by atoms with Crippen molar-refractivity contribution in [3.8, 4) is 21.4 Å². The van der Waals surface area contributed by atoms with Crippen LogP contribution in [0.15, 0.2) is 73.6 Å². The SMILES string of the molecule is COC(=O)c1cnc(-c2nccnc2[C@@H](C)NC(=O)c2cc(C(F)(F)F)cc(C(F)(F)F)c2)s1.C[C@@H](NC(=O)c1cc(C(F)(F)F)cc(C(F)(F)F)c1)c1nccnc1-c1ncc(C(=O)O)s1. The number of nitrogens with one attached hydrogen (secondary N) is 2. The van der Waals surface area contributed by atoms with Gasteiger partial charge in [0, 0.05) is 35.9 Å². The van der Waals surface area contributed by atoms with Crippen LogP contribution in [0.1, 0.15) is 99.6 Å². The van der Waals surface area contributed by atoms with Gasteiger partial charge in [0.2, 0.25) is 0 Å². The Morgan fingerprint density at radius 1 is 0.537 bits per heavy atom. The molecule has 14 nitrogen and oxygen atoms in total. The predicted octanol–water partition coefficient (Wildman–Crippen LogP) is 9.74. The fourth-order valence-electron chi connectivity index (χ4n) is 5.59. The van der Waals surface area contributed by atoms with E-state index in [1.165, 1.54) is 51.9 Å². The van der Waals surface area contributed by atoms with Gasteiger partial charge >= 0.3 is 36.6 Å². The molecule has 6 aromatic rings. The third kappa shape index (κ3) is 12.6. The zero-order valence-electron chi connectivity index (χ0n) is 33.6. The van der Waals surface area contributed by atoms with Gasteiger partial charge < -0.3 is 20.5 Å². The molecular formula is C39H26F12N8O6S2. The highest BCUT2D eigenvalue weighted by Crippen LogP contribution is 2.39. The Balaban J connectivity index is 0.000000251. The Kier molecular flexibility index (Phi) is 15.0. The number of thiazole rings is 2. The van der Waals surface area contributed by atoms with Gasteiger partial charge in [-0.2, -0.15) is 52.7 Å². The molecule has 0 bridgehead atoms. The smallest absolute Gasteiger partial charge is 0.416 e. The molecule has 6 rings (SSSR count). The maximum atomic E-state index is 13.1. The summed E-state index contributed by atoms with van der Waals surface area (Å²) < 4.78 is 162. The second kappa shape index (κ2) is 19.8. The van der Waals surface area contributed by atoms with Gasteiger partial charge in [0.25, 0.3) is 11.8 Å². The number of esters is 1. The van der Waals surface area contributed by atoms with Gasteiger partial charge in [0.1, 0.15) is 31.2 Å². The number of methoxy groups -OCH3 is 1. The van der Waals surface area contributed by atoms with Crippen LogP contribution in [0.25, 0.3) is 21.4 Å². The molecule has 0 aliphatic heterocycles. The number of carboxylic acid groups (broad SMARTS) is 1. The van der Waals surface area contributed by atoms with Gasteiger partial charge in [-0.25, -0.2) is 19.6 Å². The Bertz CT molecular complexity index is 2750. The third-order valence-corrected chi connectivity index (χ3v) is 10.7. The number of rotatable bonds is 10. The first-order valence-corrected chi connectivity index (χ1v) is 19.8. The van der Waals surface area contributed by atoms with E-state index < -0.39 is 93.9 Å². The van der Waals surface area contributed by atoms with Crippen molar-refractivity contribution in [2.24, 2.45) is 0 Å². The zero-order chi connectivity index (χ0) is 49.8. The molecule has 2 aromatic carbocycles. The van der Waals surface area contributed by atoms with E-state index in [0.29, 0.717) is 24.3 Å². The summed E-state index contributed by atoms with van der Waals surface area (Å²) in [7, 11) is 1.19. The first-order chi connectivity index (χ1) is 31.1. The van der Waals surface area contributed by atoms with Crippen molar-refractivity contribution in [3.63, 3.8) is 0 Å². The number of halogens is 12. The first kappa shape index (κ1) is 50.9. The van der Waals surface area contributed by atoms with Crippen molar-refractivity contribution in [2.75, 3.05) is 7.11 Å². The number of hydrogen-bond acceptors (Lipinski definition) is 13. The molecule has 0 unspecified atom stereocenters. The van der Waals surface area contributed by atoms with E-state index in [1.54, 1.807) is 0 Å². The van der Waals surface area contributed by atoms with Crippen LogP contribution in [-0.2, 0) is 29.4 Å². The van der Waals surface area contributed by atoms with Crippen LogP contribution in [0.5, 0.6) is 0 Å². The summed E-state index contributed by atoms with van der Waals surface area (Å²) in [6.07, 6.45) is -12.9. The first-order valence-electron chi connectivity index (χ1n) is 18.1. The minimum absolute atomic E-state index is 0.0671. The Morgan fingerprint density at radius 2 is 0.866 bits per heavy atom. The van der Waals surface area contributed by atoms with Crippen LogP contribution < -0.4 is 10.6 Å². The Hall–Kier alpha value is -7.10. The second-order valence-electron chi connectivity index (χ2n) is 13.4. The van der Waals surface area contributed by atoms with Gasteiger partial charge in [-0.3, -0.25) is 29.5 Å². The summed E-state index contributed by atoms with van der Waals surface area (Å²) in [6.45, 7) is 2.80. The molecule has 2 atom stereocenters. The van der Waals surface area contributed by atoms with Crippen molar-refractivity contribution in [3.05, 3.63) is 128 Å². The number of carbonyl (C=O) groups excluding carboxylic acids is 3. The molecule has 0 saturated carbocycles. The number of carbonyl (C=O) groups is 4. The highest BCUT2D eigenvalue weighted by atomic mass is 32.1. The minimum Gasteiger partial charge on any atom is -0.477 e. The van der Waals surface area contributed by atoms with Crippen LogP contribution in [0.3, 0.4) is 0 Å². The summed E-state index contributed by atoms with van der Waals surface area (Å²) >= 11 is 1.70. The van der Waals surface area contributed by atoms with Crippen LogP contribution in [0.4, 0.5) is 52.7 Å². The van der Waals surface area contributed by atoms with E-state index in [4.69, 9.17) is 5.11 Å². The highest BCUT2D eigenvalue weighted by molar-refractivity contribution is 7.17. The molecule has 0 saturated heterocycles. The molecule has 3 N–H and O–H groups in total. The number of aromatic nitrogens is 6. The Morgan fingerprint density at radius 3 is 1.18 bits per heavy atom. The van der Waals surface area contributed by atoms with Gasteiger partial charge in [-0.15, -0.1) is 22.7 Å². The molecule has 0 aliphatic carbocycles. The van der Waals surface area contributed by atoms with Crippen molar-refractivity contribution in [2.45, 2.75) is 50.6 Å². The molecule has 28 heteroatoms. The molecular weight excluding hydrogens is 969 g/mol. The minimum atomic E-state index is -5.10. The standard InChI is InChI=1S/C20H14F6N4O3S.C19H12F6N4O3S/c1-9(14-15(28-4-3-27-14)17-29-8-13(34-17)18(32)33-2)30-16(31)10-5-11(19(21,22)23)7-12(6-10)20(24,25)26;1-8(13-14(27-3-2-26-13)16-28-7-12(33-16)17(31)32)29-15(30)9-4-10(18(20,21)22)6-11(5-9)19(23,24)25/h3-9H,1-2H3,(H,30,31);2-8H,1H3,(H,29,30)(H,31,32)/t9-;8-/m11/s1. The molecule has 4 aromatic heterocycles. The molecule has 354 valence electrons. The molecule has 0 fully saturated rings. The van der Waals surface area contributed by atoms with Crippen molar-refractivity contribution in [1.82, 2.24) is 40.5 Å². The van der Waals surface area contributed by atoms with Crippen LogP contribution in [0, 0.1) is 0 Å². The van der Waals surface area contributed by atoms with Crippen molar-refractivity contribution >= 4 is 46.4 Å². The molecule has 67 heavy (non-hydrogen) atoms. The maximum Gasteiger partial charge on any atom is 0.416 e. The number of aromatic carboxylic acids is 1. The fourth-order valence-corrected chi connectivity index (χ4v) is 7.19. The van der Waals surface area contributed by atoms with E-state index in [1.807, 2.05) is 0 Å². The fraction of sp³-hybridized carbons (Fsp3) is 0.231. The number of benzene rings is 2. The van der Waals surface area contributed by atoms with E-state index >= 15 is 0 Å². The molecule has 0 aliphatic rings. The van der Waals surface area contributed by atoms with Crippen LogP contribution in [0.2, 0.25) is 0 Å². The normalized spacial score (nSPS) is 12.9. The lowest BCUT2D eigenvalue weighted by Gasteiger charge is -2.17. The number of alkyl halides is 12. The van der Waals surface area contributed by atoms with E-state index in [-0.39, 0.29) is 54.7 Å². The van der Waals surface area contributed by atoms with Crippen LogP contribution >= 0.6 is 22.7 Å². The number of nitrogens with zero attached hydrogens (tertiary/aromatic N) is 6. The number of ether oxygens (including phenoxy) is 1. The van der Waals surface area contributed by atoms with E-state index in [9.17, 15) is 71.9 Å². The monoisotopic (exact) mass is 994 g/mol. The molecule has 2 amide bonds. The number of amides is 2.